The topological polar surface area (TPSA) is 100 Å². The van der Waals surface area contributed by atoms with Crippen LogP contribution >= 0.6 is 0 Å². The van der Waals surface area contributed by atoms with Crippen LogP contribution in [0.25, 0.3) is 11.2 Å². The minimum absolute atomic E-state index is 0.0497. The number of aromatic nitrogens is 4. The lowest BCUT2D eigenvalue weighted by atomic mass is 10.1. The summed E-state index contributed by atoms with van der Waals surface area (Å²) in [5.41, 5.74) is 2.12. The standard InChI is InChI=1S/C21H27N5O4/c1-14-7-8-16(30-4)15(12-14)9-10-22-17(27)6-5-11-26-13-23-19-18(26)20(28)25(3)21(29)24(19)2/h7-8,12-13H,5-6,9-11H2,1-4H3,(H,22,27). The largest absolute Gasteiger partial charge is 0.496 e. The van der Waals surface area contributed by atoms with E-state index in [-0.39, 0.29) is 11.5 Å². The number of nitrogens with one attached hydrogen (secondary N) is 1. The second kappa shape index (κ2) is 8.98. The molecule has 1 N–H and O–H groups in total. The van der Waals surface area contributed by atoms with Crippen molar-refractivity contribution in [1.82, 2.24) is 24.0 Å². The van der Waals surface area contributed by atoms with Crippen molar-refractivity contribution < 1.29 is 9.53 Å². The Morgan fingerprint density at radius 3 is 2.70 bits per heavy atom. The third kappa shape index (κ3) is 4.29. The van der Waals surface area contributed by atoms with Gasteiger partial charge in [-0.25, -0.2) is 9.78 Å². The van der Waals surface area contributed by atoms with Crippen LogP contribution < -0.4 is 21.3 Å². The van der Waals surface area contributed by atoms with Gasteiger partial charge < -0.3 is 14.6 Å². The van der Waals surface area contributed by atoms with Gasteiger partial charge in [0.2, 0.25) is 5.91 Å². The molecule has 3 aromatic rings. The zero-order chi connectivity index (χ0) is 21.8. The third-order valence-corrected chi connectivity index (χ3v) is 5.17. The molecule has 0 bridgehead atoms. The Labute approximate surface area is 173 Å². The Bertz CT molecular complexity index is 1190. The number of methoxy groups -OCH3 is 1. The van der Waals surface area contributed by atoms with Crippen LogP contribution in [0.15, 0.2) is 34.1 Å². The van der Waals surface area contributed by atoms with E-state index in [4.69, 9.17) is 4.74 Å². The summed E-state index contributed by atoms with van der Waals surface area (Å²) in [5, 5.41) is 2.93. The lowest BCUT2D eigenvalue weighted by molar-refractivity contribution is -0.121. The van der Waals surface area contributed by atoms with Gasteiger partial charge in [0.1, 0.15) is 5.75 Å². The molecule has 0 unspecified atom stereocenters. The maximum absolute atomic E-state index is 12.4. The first kappa shape index (κ1) is 21.4. The van der Waals surface area contributed by atoms with Crippen LogP contribution in [0, 0.1) is 6.92 Å². The van der Waals surface area contributed by atoms with Crippen LogP contribution in [0.3, 0.4) is 0 Å². The smallest absolute Gasteiger partial charge is 0.332 e. The third-order valence-electron chi connectivity index (χ3n) is 5.17. The van der Waals surface area contributed by atoms with Crippen molar-refractivity contribution in [2.75, 3.05) is 13.7 Å². The number of carbonyl (C=O) groups is 1. The van der Waals surface area contributed by atoms with E-state index >= 15 is 0 Å². The molecule has 0 aliphatic heterocycles. The van der Waals surface area contributed by atoms with Crippen LogP contribution in [-0.4, -0.2) is 38.2 Å². The maximum Gasteiger partial charge on any atom is 0.332 e. The number of amides is 1. The second-order valence-corrected chi connectivity index (χ2v) is 7.33. The summed E-state index contributed by atoms with van der Waals surface area (Å²) < 4.78 is 9.47. The van der Waals surface area contributed by atoms with Crippen molar-refractivity contribution in [2.45, 2.75) is 32.7 Å². The molecule has 0 saturated carbocycles. The van der Waals surface area contributed by atoms with Crippen LogP contribution in [0.2, 0.25) is 0 Å². The molecule has 0 spiro atoms. The minimum atomic E-state index is -0.414. The highest BCUT2D eigenvalue weighted by molar-refractivity contribution is 5.76. The Balaban J connectivity index is 1.55. The van der Waals surface area contributed by atoms with Crippen LogP contribution in [0.5, 0.6) is 5.75 Å². The van der Waals surface area contributed by atoms with Gasteiger partial charge in [-0.15, -0.1) is 0 Å². The summed E-state index contributed by atoms with van der Waals surface area (Å²) in [5.74, 6) is 0.768. The lowest BCUT2D eigenvalue weighted by Gasteiger charge is -2.10. The molecule has 0 aliphatic rings. The van der Waals surface area contributed by atoms with Gasteiger partial charge in [0, 0.05) is 33.6 Å². The van der Waals surface area contributed by atoms with E-state index in [1.165, 1.54) is 17.9 Å². The molecule has 9 nitrogen and oxygen atoms in total. The molecule has 0 saturated heterocycles. The molecule has 30 heavy (non-hydrogen) atoms. The monoisotopic (exact) mass is 413 g/mol. The predicted octanol–water partition coefficient (Wildman–Crippen LogP) is 0.890. The molecule has 160 valence electrons. The average Bonchev–Trinajstić information content (AvgIpc) is 3.15. The van der Waals surface area contributed by atoms with E-state index in [2.05, 4.69) is 16.4 Å². The van der Waals surface area contributed by atoms with Crippen molar-refractivity contribution in [3.63, 3.8) is 0 Å². The predicted molar refractivity (Wildman–Crippen MR) is 114 cm³/mol. The van der Waals surface area contributed by atoms with E-state index in [0.29, 0.717) is 43.5 Å². The number of fused-ring (bicyclic) bond motifs is 1. The van der Waals surface area contributed by atoms with E-state index in [1.54, 1.807) is 18.7 Å². The number of rotatable bonds is 8. The first-order chi connectivity index (χ1) is 14.3. The van der Waals surface area contributed by atoms with Crippen molar-refractivity contribution >= 4 is 17.1 Å². The first-order valence-electron chi connectivity index (χ1n) is 9.84. The van der Waals surface area contributed by atoms with Gasteiger partial charge in [0.15, 0.2) is 11.2 Å². The summed E-state index contributed by atoms with van der Waals surface area (Å²) >= 11 is 0. The van der Waals surface area contributed by atoms with Crippen LogP contribution in [-0.2, 0) is 31.9 Å². The maximum atomic E-state index is 12.4. The zero-order valence-corrected chi connectivity index (χ0v) is 17.8. The van der Waals surface area contributed by atoms with E-state index in [1.807, 2.05) is 19.1 Å². The van der Waals surface area contributed by atoms with Crippen LogP contribution in [0.1, 0.15) is 24.0 Å². The number of nitrogens with zero attached hydrogens (tertiary/aromatic N) is 4. The Hall–Kier alpha value is -3.36. The van der Waals surface area contributed by atoms with Gasteiger partial charge in [0.05, 0.1) is 13.4 Å². The molecule has 2 heterocycles. The quantitative estimate of drug-likeness (QED) is 0.591. The number of ether oxygens (including phenoxy) is 1. The number of hydrogen-bond donors (Lipinski definition) is 1. The van der Waals surface area contributed by atoms with Gasteiger partial charge >= 0.3 is 5.69 Å². The fourth-order valence-electron chi connectivity index (χ4n) is 3.50. The molecule has 3 rings (SSSR count). The molecule has 9 heteroatoms. The van der Waals surface area contributed by atoms with Gasteiger partial charge in [0.25, 0.3) is 5.56 Å². The fourth-order valence-corrected chi connectivity index (χ4v) is 3.50. The molecule has 1 amide bonds. The number of imidazole rings is 1. The first-order valence-corrected chi connectivity index (χ1v) is 9.84. The average molecular weight is 413 g/mol. The molecule has 0 aliphatic carbocycles. The van der Waals surface area contributed by atoms with Gasteiger partial charge in [-0.05, 0) is 31.4 Å². The second-order valence-electron chi connectivity index (χ2n) is 7.33. The van der Waals surface area contributed by atoms with Crippen molar-refractivity contribution in [1.29, 1.82) is 0 Å². The fraction of sp³-hybridized carbons (Fsp3) is 0.429. The van der Waals surface area contributed by atoms with Gasteiger partial charge in [-0.2, -0.15) is 0 Å². The summed E-state index contributed by atoms with van der Waals surface area (Å²) in [7, 11) is 4.66. The molecule has 1 aromatic carbocycles. The zero-order valence-electron chi connectivity index (χ0n) is 17.8. The number of benzene rings is 1. The SMILES string of the molecule is COc1ccc(C)cc1CCNC(=O)CCCn1cnc2c1c(=O)n(C)c(=O)n2C. The van der Waals surface area contributed by atoms with E-state index in [0.717, 1.165) is 21.4 Å². The summed E-state index contributed by atoms with van der Waals surface area (Å²) in [4.78, 5) is 40.8. The number of aryl methyl sites for hydroxylation is 3. The Morgan fingerprint density at radius 1 is 1.20 bits per heavy atom. The number of hydrogen-bond acceptors (Lipinski definition) is 5. The van der Waals surface area contributed by atoms with E-state index in [9.17, 15) is 14.4 Å². The highest BCUT2D eigenvalue weighted by atomic mass is 16.5. The summed E-state index contributed by atoms with van der Waals surface area (Å²) in [6.45, 7) is 3.00. The Morgan fingerprint density at radius 2 is 1.97 bits per heavy atom. The normalized spacial score (nSPS) is 11.1. The summed E-state index contributed by atoms with van der Waals surface area (Å²) in [6, 6.07) is 5.98. The molecular weight excluding hydrogens is 386 g/mol. The highest BCUT2D eigenvalue weighted by Crippen LogP contribution is 2.19. The molecule has 0 radical (unpaired) electrons. The van der Waals surface area contributed by atoms with Crippen molar-refractivity contribution in [2.24, 2.45) is 14.1 Å². The van der Waals surface area contributed by atoms with Gasteiger partial charge in [-0.1, -0.05) is 17.7 Å². The highest BCUT2D eigenvalue weighted by Gasteiger charge is 2.14. The minimum Gasteiger partial charge on any atom is -0.496 e. The van der Waals surface area contributed by atoms with Gasteiger partial charge in [-0.3, -0.25) is 18.7 Å². The summed E-state index contributed by atoms with van der Waals surface area (Å²) in [6.07, 6.45) is 3.11. The lowest BCUT2D eigenvalue weighted by Crippen LogP contribution is -2.37. The molecule has 0 atom stereocenters. The number of carbonyl (C=O) groups excluding carboxylic acids is 1. The molecule has 0 fully saturated rings. The molecular formula is C21H27N5O4. The Kier molecular flexibility index (Phi) is 6.39. The van der Waals surface area contributed by atoms with Crippen molar-refractivity contribution in [3.8, 4) is 5.75 Å². The van der Waals surface area contributed by atoms with Crippen molar-refractivity contribution in [3.05, 3.63) is 56.5 Å². The van der Waals surface area contributed by atoms with E-state index < -0.39 is 5.69 Å². The van der Waals surface area contributed by atoms with Crippen LogP contribution in [0.4, 0.5) is 0 Å². The molecule has 2 aromatic heterocycles.